The van der Waals surface area contributed by atoms with Gasteiger partial charge in [-0.3, -0.25) is 19.6 Å². The lowest BCUT2D eigenvalue weighted by atomic mass is 9.83. The summed E-state index contributed by atoms with van der Waals surface area (Å²) in [7, 11) is 0. The lowest BCUT2D eigenvalue weighted by molar-refractivity contribution is -0.122. The van der Waals surface area contributed by atoms with Crippen molar-refractivity contribution in [2.24, 2.45) is 10.7 Å². The van der Waals surface area contributed by atoms with Crippen LogP contribution in [0.25, 0.3) is 10.1 Å². The SMILES string of the molecule is CC[C@@]1(c2cc(CC(=O)c3nccc4ccsc34)ccc2F)CCSC(N)=N1.O=CO. The predicted molar refractivity (Wildman–Crippen MR) is 123 cm³/mol. The van der Waals surface area contributed by atoms with E-state index in [9.17, 15) is 9.18 Å². The summed E-state index contributed by atoms with van der Waals surface area (Å²) in [4.78, 5) is 30.1. The fourth-order valence-electron chi connectivity index (χ4n) is 3.67. The van der Waals surface area contributed by atoms with E-state index in [1.54, 1.807) is 18.3 Å². The second-order valence-electron chi connectivity index (χ2n) is 6.95. The van der Waals surface area contributed by atoms with Gasteiger partial charge in [0.05, 0.1) is 10.2 Å². The monoisotopic (exact) mass is 459 g/mol. The largest absolute Gasteiger partial charge is 0.483 e. The van der Waals surface area contributed by atoms with Gasteiger partial charge < -0.3 is 10.8 Å². The number of nitrogens with two attached hydrogens (primary N) is 1. The second-order valence-corrected chi connectivity index (χ2v) is 8.98. The first-order chi connectivity index (χ1) is 14.9. The molecule has 4 rings (SSSR count). The first kappa shape index (κ1) is 22.9. The van der Waals surface area contributed by atoms with E-state index in [4.69, 9.17) is 15.6 Å². The standard InChI is InChI=1S/C21H20FN3OS2.CH2O2/c1-2-21(7-10-28-20(23)25-21)15-11-13(3-4-16(15)22)12-17(26)18-19-14(5-8-24-18)6-9-27-19;2-1-3/h3-6,8-9,11H,2,7,10,12H2,1H3,(H2,23,25);1H,(H,2,3)/t21-;/m0./s1. The van der Waals surface area contributed by atoms with Gasteiger partial charge in [0.25, 0.3) is 6.47 Å². The van der Waals surface area contributed by atoms with Gasteiger partial charge in [-0.1, -0.05) is 24.8 Å². The highest BCUT2D eigenvalue weighted by molar-refractivity contribution is 8.13. The van der Waals surface area contributed by atoms with Gasteiger partial charge in [0.2, 0.25) is 0 Å². The molecule has 3 heterocycles. The van der Waals surface area contributed by atoms with Crippen molar-refractivity contribution in [3.8, 4) is 0 Å². The molecule has 31 heavy (non-hydrogen) atoms. The molecule has 3 aromatic rings. The van der Waals surface area contributed by atoms with E-state index in [0.29, 0.717) is 22.8 Å². The van der Waals surface area contributed by atoms with E-state index in [2.05, 4.69) is 9.98 Å². The molecule has 9 heteroatoms. The zero-order chi connectivity index (χ0) is 22.4. The van der Waals surface area contributed by atoms with Gasteiger partial charge in [0.15, 0.2) is 11.0 Å². The minimum Gasteiger partial charge on any atom is -0.483 e. The van der Waals surface area contributed by atoms with Crippen LogP contribution in [0.3, 0.4) is 0 Å². The average Bonchev–Trinajstić information content (AvgIpc) is 3.24. The molecule has 0 unspecified atom stereocenters. The number of aromatic nitrogens is 1. The maximum absolute atomic E-state index is 14.7. The number of pyridine rings is 1. The summed E-state index contributed by atoms with van der Waals surface area (Å²) in [5, 5.41) is 10.3. The first-order valence-electron chi connectivity index (χ1n) is 9.64. The smallest absolute Gasteiger partial charge is 0.290 e. The van der Waals surface area contributed by atoms with Crippen molar-refractivity contribution in [1.82, 2.24) is 4.98 Å². The van der Waals surface area contributed by atoms with Gasteiger partial charge in [0.1, 0.15) is 11.5 Å². The van der Waals surface area contributed by atoms with E-state index >= 15 is 0 Å². The van der Waals surface area contributed by atoms with Crippen LogP contribution < -0.4 is 5.73 Å². The number of fused-ring (bicyclic) bond motifs is 1. The summed E-state index contributed by atoms with van der Waals surface area (Å²) in [5.74, 6) is 0.425. The van der Waals surface area contributed by atoms with Crippen molar-refractivity contribution in [2.45, 2.75) is 31.7 Å². The van der Waals surface area contributed by atoms with E-state index in [1.807, 2.05) is 24.4 Å². The molecule has 3 N–H and O–H groups in total. The first-order valence-corrected chi connectivity index (χ1v) is 11.5. The summed E-state index contributed by atoms with van der Waals surface area (Å²) >= 11 is 3.00. The Morgan fingerprint density at radius 2 is 2.13 bits per heavy atom. The van der Waals surface area contributed by atoms with Crippen LogP contribution in [0.5, 0.6) is 0 Å². The van der Waals surface area contributed by atoms with Crippen LogP contribution in [0.4, 0.5) is 4.39 Å². The Bertz CT molecular complexity index is 1130. The number of Topliss-reactive ketones (excluding diaryl/α,β-unsaturated/α-hetero) is 1. The van der Waals surface area contributed by atoms with Crippen molar-refractivity contribution < 1.29 is 19.1 Å². The highest BCUT2D eigenvalue weighted by Gasteiger charge is 2.35. The van der Waals surface area contributed by atoms with E-state index in [1.165, 1.54) is 29.2 Å². The lowest BCUT2D eigenvalue weighted by Gasteiger charge is -2.33. The third-order valence-corrected chi connectivity index (χ3v) is 6.94. The van der Waals surface area contributed by atoms with Crippen molar-refractivity contribution in [3.63, 3.8) is 0 Å². The maximum Gasteiger partial charge on any atom is 0.290 e. The molecule has 0 saturated carbocycles. The summed E-state index contributed by atoms with van der Waals surface area (Å²) < 4.78 is 15.6. The average molecular weight is 460 g/mol. The third-order valence-electron chi connectivity index (χ3n) is 5.20. The van der Waals surface area contributed by atoms with E-state index in [0.717, 1.165) is 27.8 Å². The second kappa shape index (κ2) is 10.0. The number of ketones is 1. The van der Waals surface area contributed by atoms with E-state index in [-0.39, 0.29) is 24.5 Å². The number of benzene rings is 1. The van der Waals surface area contributed by atoms with Crippen molar-refractivity contribution >= 4 is 50.6 Å². The van der Waals surface area contributed by atoms with Gasteiger partial charge in [-0.05, 0) is 53.4 Å². The van der Waals surface area contributed by atoms with Crippen molar-refractivity contribution in [3.05, 3.63) is 64.5 Å². The fraction of sp³-hybridized carbons (Fsp3) is 0.273. The zero-order valence-electron chi connectivity index (χ0n) is 16.9. The molecule has 0 aliphatic carbocycles. The Hall–Kier alpha value is -2.78. The van der Waals surface area contributed by atoms with Crippen LogP contribution in [-0.4, -0.2) is 33.3 Å². The summed E-state index contributed by atoms with van der Waals surface area (Å²) in [6.45, 7) is 1.74. The molecule has 6 nitrogen and oxygen atoms in total. The number of amidine groups is 1. The van der Waals surface area contributed by atoms with Gasteiger partial charge in [0, 0.05) is 23.9 Å². The molecule has 0 saturated heterocycles. The highest BCUT2D eigenvalue weighted by atomic mass is 32.2. The zero-order valence-corrected chi connectivity index (χ0v) is 18.5. The Morgan fingerprint density at radius 3 is 2.84 bits per heavy atom. The molecule has 1 aromatic carbocycles. The maximum atomic E-state index is 14.7. The Balaban J connectivity index is 0.000000858. The third kappa shape index (κ3) is 4.94. The summed E-state index contributed by atoms with van der Waals surface area (Å²) in [6.07, 6.45) is 3.20. The number of thiophene rings is 1. The number of carbonyl (C=O) groups excluding carboxylic acids is 1. The number of nitrogens with zero attached hydrogens (tertiary/aromatic N) is 2. The molecule has 0 fully saturated rings. The molecule has 0 bridgehead atoms. The molecular formula is C22H22FN3O3S2. The van der Waals surface area contributed by atoms with Crippen LogP contribution in [-0.2, 0) is 16.8 Å². The highest BCUT2D eigenvalue weighted by Crippen LogP contribution is 2.40. The van der Waals surface area contributed by atoms with Gasteiger partial charge >= 0.3 is 0 Å². The van der Waals surface area contributed by atoms with Gasteiger partial charge in [-0.15, -0.1) is 11.3 Å². The number of carboxylic acid groups (broad SMARTS) is 1. The van der Waals surface area contributed by atoms with Crippen LogP contribution in [0.15, 0.2) is 46.9 Å². The summed E-state index contributed by atoms with van der Waals surface area (Å²) in [5.41, 5.74) is 7.03. The number of hydrogen-bond acceptors (Lipinski definition) is 7. The molecule has 0 spiro atoms. The summed E-state index contributed by atoms with van der Waals surface area (Å²) in [6, 6.07) is 8.75. The minimum atomic E-state index is -0.662. The van der Waals surface area contributed by atoms with Crippen LogP contribution in [0.1, 0.15) is 41.4 Å². The Kier molecular flexibility index (Phi) is 7.40. The molecule has 1 aliphatic rings. The van der Waals surface area contributed by atoms with Crippen molar-refractivity contribution in [1.29, 1.82) is 0 Å². The lowest BCUT2D eigenvalue weighted by Crippen LogP contribution is -2.32. The van der Waals surface area contributed by atoms with Gasteiger partial charge in [-0.2, -0.15) is 0 Å². The molecule has 0 radical (unpaired) electrons. The molecule has 1 aliphatic heterocycles. The van der Waals surface area contributed by atoms with Gasteiger partial charge in [-0.25, -0.2) is 4.39 Å². The normalized spacial score (nSPS) is 18.1. The Morgan fingerprint density at radius 1 is 1.35 bits per heavy atom. The quantitative estimate of drug-likeness (QED) is 0.426. The molecule has 1 atom stereocenters. The number of carbonyl (C=O) groups is 2. The molecule has 162 valence electrons. The number of halogens is 1. The van der Waals surface area contributed by atoms with Crippen molar-refractivity contribution in [2.75, 3.05) is 5.75 Å². The van der Waals surface area contributed by atoms with E-state index < -0.39 is 5.54 Å². The Labute approximate surface area is 187 Å². The number of rotatable bonds is 5. The van der Waals surface area contributed by atoms with Crippen LogP contribution in [0.2, 0.25) is 0 Å². The fourth-order valence-corrected chi connectivity index (χ4v) is 5.45. The number of aliphatic imine (C=N–C) groups is 1. The topological polar surface area (TPSA) is 106 Å². The molecular weight excluding hydrogens is 437 g/mol. The van der Waals surface area contributed by atoms with Crippen LogP contribution in [0, 0.1) is 5.82 Å². The number of thioether (sulfide) groups is 1. The minimum absolute atomic E-state index is 0.0710. The predicted octanol–water partition coefficient (Wildman–Crippen LogP) is 4.62. The number of hydrogen-bond donors (Lipinski definition) is 2. The molecule has 2 aromatic heterocycles. The van der Waals surface area contributed by atoms with Crippen LogP contribution >= 0.6 is 23.1 Å². The molecule has 0 amide bonds.